The van der Waals surface area contributed by atoms with Gasteiger partial charge in [0.05, 0.1) is 12.8 Å². The molecule has 5 nitrogen and oxygen atoms in total. The van der Waals surface area contributed by atoms with Crippen LogP contribution in [0.15, 0.2) is 59.0 Å². The molecule has 0 fully saturated rings. The highest BCUT2D eigenvalue weighted by Crippen LogP contribution is 2.28. The summed E-state index contributed by atoms with van der Waals surface area (Å²) in [6, 6.07) is 14.3. The molecule has 0 spiro atoms. The average Bonchev–Trinajstić information content (AvgIpc) is 3.03. The molecule has 1 N–H and O–H groups in total. The maximum absolute atomic E-state index is 12.1. The molecule has 0 aliphatic carbocycles. The minimum Gasteiger partial charge on any atom is -0.493 e. The van der Waals surface area contributed by atoms with Gasteiger partial charge >= 0.3 is 0 Å². The molecule has 25 heavy (non-hydrogen) atoms. The number of furan rings is 1. The zero-order valence-corrected chi connectivity index (χ0v) is 13.9. The lowest BCUT2D eigenvalue weighted by Gasteiger charge is -2.06. The molecule has 0 saturated heterocycles. The number of carbonyl (C=O) groups is 2. The number of amides is 1. The summed E-state index contributed by atoms with van der Waals surface area (Å²) in [5.41, 5.74) is 1.58. The van der Waals surface area contributed by atoms with Gasteiger partial charge in [-0.15, -0.1) is 0 Å². The topological polar surface area (TPSA) is 68.5 Å². The van der Waals surface area contributed by atoms with Gasteiger partial charge < -0.3 is 14.5 Å². The van der Waals surface area contributed by atoms with Crippen molar-refractivity contribution in [2.24, 2.45) is 0 Å². The van der Waals surface area contributed by atoms with Crippen LogP contribution in [0.3, 0.4) is 0 Å². The van der Waals surface area contributed by atoms with E-state index >= 15 is 0 Å². The molecule has 1 amide bonds. The van der Waals surface area contributed by atoms with Gasteiger partial charge in [-0.1, -0.05) is 24.3 Å². The number of benzene rings is 2. The first-order chi connectivity index (χ1) is 12.1. The Hall–Kier alpha value is -3.34. The summed E-state index contributed by atoms with van der Waals surface area (Å²) in [5.74, 6) is 0.719. The second-order valence-corrected chi connectivity index (χ2v) is 5.45. The minimum atomic E-state index is -0.346. The fourth-order valence-electron chi connectivity index (χ4n) is 2.53. The molecule has 0 bridgehead atoms. The lowest BCUT2D eigenvalue weighted by molar-refractivity contribution is -0.111. The second kappa shape index (κ2) is 7.05. The standard InChI is InChI=1S/C20H17NO4/c1-13(22)16-7-3-4-8-17(16)21-19(23)11-10-15-12-14-6-5-9-18(24-2)20(14)25-15/h3-12H,1-2H3,(H,21,23)/b11-10+. The van der Waals surface area contributed by atoms with Gasteiger partial charge in [0.2, 0.25) is 5.91 Å². The molecular weight excluding hydrogens is 318 g/mol. The number of hydrogen-bond donors (Lipinski definition) is 1. The van der Waals surface area contributed by atoms with Crippen LogP contribution in [0.1, 0.15) is 23.0 Å². The van der Waals surface area contributed by atoms with Crippen molar-refractivity contribution in [3.63, 3.8) is 0 Å². The maximum Gasteiger partial charge on any atom is 0.248 e. The molecule has 0 aliphatic heterocycles. The molecule has 0 aliphatic rings. The predicted octanol–water partition coefficient (Wildman–Crippen LogP) is 4.30. The molecule has 1 heterocycles. The van der Waals surface area contributed by atoms with Crippen LogP contribution in [0.5, 0.6) is 5.75 Å². The van der Waals surface area contributed by atoms with Gasteiger partial charge in [0.1, 0.15) is 5.76 Å². The van der Waals surface area contributed by atoms with E-state index in [1.807, 2.05) is 24.3 Å². The zero-order valence-electron chi connectivity index (χ0n) is 13.9. The lowest BCUT2D eigenvalue weighted by Crippen LogP contribution is -2.11. The number of hydrogen-bond acceptors (Lipinski definition) is 4. The molecule has 2 aromatic carbocycles. The van der Waals surface area contributed by atoms with Crippen molar-refractivity contribution in [3.05, 3.63) is 65.9 Å². The van der Waals surface area contributed by atoms with Crippen molar-refractivity contribution < 1.29 is 18.7 Å². The van der Waals surface area contributed by atoms with E-state index in [0.29, 0.717) is 28.3 Å². The third-order valence-corrected chi connectivity index (χ3v) is 3.71. The number of nitrogens with one attached hydrogen (secondary N) is 1. The predicted molar refractivity (Wildman–Crippen MR) is 96.9 cm³/mol. The molecule has 0 radical (unpaired) electrons. The van der Waals surface area contributed by atoms with Gasteiger partial charge in [0.15, 0.2) is 17.1 Å². The fraction of sp³-hybridized carbons (Fsp3) is 0.100. The highest BCUT2D eigenvalue weighted by molar-refractivity contribution is 6.07. The summed E-state index contributed by atoms with van der Waals surface area (Å²) >= 11 is 0. The van der Waals surface area contributed by atoms with Crippen molar-refractivity contribution in [3.8, 4) is 5.75 Å². The number of anilines is 1. The highest BCUT2D eigenvalue weighted by Gasteiger charge is 2.09. The van der Waals surface area contributed by atoms with E-state index in [0.717, 1.165) is 5.39 Å². The van der Waals surface area contributed by atoms with E-state index in [4.69, 9.17) is 9.15 Å². The molecule has 5 heteroatoms. The Morgan fingerprint density at radius 3 is 2.68 bits per heavy atom. The number of Topliss-reactive ketones (excluding diaryl/α,β-unsaturated/α-hetero) is 1. The number of ketones is 1. The first kappa shape index (κ1) is 16.5. The summed E-state index contributed by atoms with van der Waals surface area (Å²) in [6.07, 6.45) is 2.94. The normalized spacial score (nSPS) is 11.0. The van der Waals surface area contributed by atoms with E-state index < -0.39 is 0 Å². The van der Waals surface area contributed by atoms with Crippen LogP contribution in [0.2, 0.25) is 0 Å². The van der Waals surface area contributed by atoms with E-state index in [2.05, 4.69) is 5.32 Å². The maximum atomic E-state index is 12.1. The van der Waals surface area contributed by atoms with E-state index in [1.54, 1.807) is 37.5 Å². The van der Waals surface area contributed by atoms with Crippen LogP contribution in [-0.4, -0.2) is 18.8 Å². The zero-order chi connectivity index (χ0) is 17.8. The van der Waals surface area contributed by atoms with Gasteiger partial charge in [-0.05, 0) is 37.3 Å². The Morgan fingerprint density at radius 2 is 1.92 bits per heavy atom. The Bertz CT molecular complexity index is 969. The number of fused-ring (bicyclic) bond motifs is 1. The molecule has 0 saturated carbocycles. The number of methoxy groups -OCH3 is 1. The Morgan fingerprint density at radius 1 is 1.12 bits per heavy atom. The lowest BCUT2D eigenvalue weighted by atomic mass is 10.1. The monoisotopic (exact) mass is 335 g/mol. The number of rotatable bonds is 5. The summed E-state index contributed by atoms with van der Waals surface area (Å²) < 4.78 is 11.0. The Balaban J connectivity index is 1.78. The van der Waals surface area contributed by atoms with Crippen LogP contribution in [-0.2, 0) is 4.79 Å². The third kappa shape index (κ3) is 3.61. The highest BCUT2D eigenvalue weighted by atomic mass is 16.5. The fourth-order valence-corrected chi connectivity index (χ4v) is 2.53. The second-order valence-electron chi connectivity index (χ2n) is 5.45. The molecule has 3 aromatic rings. The van der Waals surface area contributed by atoms with Gasteiger partial charge in [-0.3, -0.25) is 9.59 Å². The average molecular weight is 335 g/mol. The smallest absolute Gasteiger partial charge is 0.248 e. The molecule has 126 valence electrons. The van der Waals surface area contributed by atoms with Crippen molar-refractivity contribution in [1.82, 2.24) is 0 Å². The first-order valence-electron chi connectivity index (χ1n) is 7.74. The molecular formula is C20H17NO4. The van der Waals surface area contributed by atoms with Gasteiger partial charge in [0, 0.05) is 17.0 Å². The first-order valence-corrected chi connectivity index (χ1v) is 7.74. The van der Waals surface area contributed by atoms with Crippen molar-refractivity contribution in [1.29, 1.82) is 0 Å². The van der Waals surface area contributed by atoms with Gasteiger partial charge in [-0.25, -0.2) is 0 Å². The summed E-state index contributed by atoms with van der Waals surface area (Å²) in [4.78, 5) is 23.7. The third-order valence-electron chi connectivity index (χ3n) is 3.71. The Kier molecular flexibility index (Phi) is 4.66. The van der Waals surface area contributed by atoms with Crippen LogP contribution in [0, 0.1) is 0 Å². The van der Waals surface area contributed by atoms with Crippen LogP contribution >= 0.6 is 0 Å². The SMILES string of the molecule is COc1cccc2cc(/C=C/C(=O)Nc3ccccc3C(C)=O)oc12. The van der Waals surface area contributed by atoms with Crippen LogP contribution < -0.4 is 10.1 Å². The van der Waals surface area contributed by atoms with Crippen molar-refractivity contribution >= 4 is 34.4 Å². The largest absolute Gasteiger partial charge is 0.493 e. The number of ether oxygens (including phenoxy) is 1. The van der Waals surface area contributed by atoms with Crippen LogP contribution in [0.4, 0.5) is 5.69 Å². The summed E-state index contributed by atoms with van der Waals surface area (Å²) in [7, 11) is 1.58. The molecule has 0 unspecified atom stereocenters. The molecule has 1 aromatic heterocycles. The van der Waals surface area contributed by atoms with Gasteiger partial charge in [-0.2, -0.15) is 0 Å². The molecule has 3 rings (SSSR count). The Labute approximate surface area is 144 Å². The minimum absolute atomic E-state index is 0.107. The molecule has 0 atom stereocenters. The van der Waals surface area contributed by atoms with Crippen molar-refractivity contribution in [2.45, 2.75) is 6.92 Å². The number of carbonyl (C=O) groups excluding carboxylic acids is 2. The van der Waals surface area contributed by atoms with Gasteiger partial charge in [0.25, 0.3) is 0 Å². The van der Waals surface area contributed by atoms with E-state index in [1.165, 1.54) is 13.0 Å². The quantitative estimate of drug-likeness (QED) is 0.558. The van der Waals surface area contributed by atoms with Crippen molar-refractivity contribution in [2.75, 3.05) is 12.4 Å². The van der Waals surface area contributed by atoms with Crippen LogP contribution in [0.25, 0.3) is 17.0 Å². The van der Waals surface area contributed by atoms with E-state index in [-0.39, 0.29) is 11.7 Å². The number of para-hydroxylation sites is 2. The van der Waals surface area contributed by atoms with E-state index in [9.17, 15) is 9.59 Å². The summed E-state index contributed by atoms with van der Waals surface area (Å²) in [5, 5.41) is 3.60. The summed E-state index contributed by atoms with van der Waals surface area (Å²) in [6.45, 7) is 1.46.